The minimum atomic E-state index is 0. The highest BCUT2D eigenvalue weighted by atomic mass is 127. The summed E-state index contributed by atoms with van der Waals surface area (Å²) in [5.41, 5.74) is 1.16. The number of aliphatic imine (C=N–C) groups is 1. The van der Waals surface area contributed by atoms with Gasteiger partial charge in [0.15, 0.2) is 5.96 Å². The minimum absolute atomic E-state index is 0. The molecule has 0 atom stereocenters. The van der Waals surface area contributed by atoms with Crippen LogP contribution in [0.4, 0.5) is 0 Å². The van der Waals surface area contributed by atoms with E-state index in [0.717, 1.165) is 30.4 Å². The molecular weight excluding hydrogens is 409 g/mol. The molecule has 2 N–H and O–H groups in total. The number of ether oxygens (including phenoxy) is 1. The van der Waals surface area contributed by atoms with Crippen molar-refractivity contribution in [2.75, 3.05) is 26.5 Å². The van der Waals surface area contributed by atoms with Crippen LogP contribution in [0.1, 0.15) is 26.3 Å². The summed E-state index contributed by atoms with van der Waals surface area (Å²) in [6.45, 7) is 8.90. The number of nitrogens with one attached hydrogen (secondary N) is 2. The first-order valence-corrected chi connectivity index (χ1v) is 8.43. The van der Waals surface area contributed by atoms with Crippen molar-refractivity contribution < 1.29 is 4.74 Å². The number of hydrogen-bond acceptors (Lipinski definition) is 3. The Labute approximate surface area is 155 Å². The first kappa shape index (κ1) is 21.4. The van der Waals surface area contributed by atoms with E-state index in [1.165, 1.54) is 0 Å². The van der Waals surface area contributed by atoms with Crippen molar-refractivity contribution in [1.29, 1.82) is 0 Å². The van der Waals surface area contributed by atoms with E-state index in [1.54, 1.807) is 7.11 Å². The Bertz CT molecular complexity index is 449. The van der Waals surface area contributed by atoms with Gasteiger partial charge in [-0.1, -0.05) is 12.1 Å². The molecule has 0 saturated carbocycles. The quantitative estimate of drug-likeness (QED) is 0.390. The Hall–Kier alpha value is -0.630. The van der Waals surface area contributed by atoms with E-state index in [2.05, 4.69) is 42.7 Å². The van der Waals surface area contributed by atoms with Crippen molar-refractivity contribution in [3.8, 4) is 5.75 Å². The van der Waals surface area contributed by atoms with Gasteiger partial charge >= 0.3 is 0 Å². The summed E-state index contributed by atoms with van der Waals surface area (Å²) >= 11 is 1.85. The number of nitrogens with zero attached hydrogens (tertiary/aromatic N) is 1. The molecule has 0 unspecified atom stereocenters. The van der Waals surface area contributed by atoms with Gasteiger partial charge in [0.2, 0.25) is 0 Å². The Morgan fingerprint density at radius 2 is 1.86 bits per heavy atom. The van der Waals surface area contributed by atoms with Gasteiger partial charge in [-0.25, -0.2) is 4.99 Å². The van der Waals surface area contributed by atoms with Gasteiger partial charge in [-0.15, -0.1) is 24.0 Å². The van der Waals surface area contributed by atoms with Crippen molar-refractivity contribution in [3.05, 3.63) is 29.8 Å². The van der Waals surface area contributed by atoms with Gasteiger partial charge in [0, 0.05) is 17.8 Å². The number of halogens is 1. The molecule has 0 aliphatic heterocycles. The zero-order valence-corrected chi connectivity index (χ0v) is 17.2. The lowest BCUT2D eigenvalue weighted by Gasteiger charge is -2.23. The molecule has 0 bridgehead atoms. The lowest BCUT2D eigenvalue weighted by molar-refractivity contribution is 0.414. The van der Waals surface area contributed by atoms with E-state index in [-0.39, 0.29) is 28.7 Å². The Morgan fingerprint density at radius 1 is 1.23 bits per heavy atom. The number of methoxy groups -OCH3 is 1. The number of hydrogen-bond donors (Lipinski definition) is 2. The molecule has 0 fully saturated rings. The maximum atomic E-state index is 5.16. The van der Waals surface area contributed by atoms with E-state index in [4.69, 9.17) is 4.74 Å². The molecule has 4 nitrogen and oxygen atoms in total. The SMILES string of the molecule is CCNC(=NCc1ccc(OC)cc1)NCC(C)(C)SC.I. The molecule has 126 valence electrons. The Kier molecular flexibility index (Phi) is 10.7. The zero-order valence-electron chi connectivity index (χ0n) is 14.1. The molecule has 0 heterocycles. The molecule has 0 radical (unpaired) electrons. The molecule has 0 amide bonds. The van der Waals surface area contributed by atoms with E-state index in [1.807, 2.05) is 36.0 Å². The highest BCUT2D eigenvalue weighted by Crippen LogP contribution is 2.19. The second-order valence-corrected chi connectivity index (χ2v) is 6.87. The molecule has 0 aliphatic rings. The summed E-state index contributed by atoms with van der Waals surface area (Å²) in [6.07, 6.45) is 2.13. The van der Waals surface area contributed by atoms with Crippen LogP contribution in [-0.2, 0) is 6.54 Å². The molecule has 6 heteroatoms. The van der Waals surface area contributed by atoms with Crippen molar-refractivity contribution in [2.45, 2.75) is 32.1 Å². The highest BCUT2D eigenvalue weighted by molar-refractivity contribution is 14.0. The average molecular weight is 437 g/mol. The summed E-state index contributed by atoms with van der Waals surface area (Å²) < 4.78 is 5.35. The molecular formula is C16H28IN3OS. The van der Waals surface area contributed by atoms with Gasteiger partial charge < -0.3 is 15.4 Å². The lowest BCUT2D eigenvalue weighted by Crippen LogP contribution is -2.43. The maximum absolute atomic E-state index is 5.16. The number of benzene rings is 1. The smallest absolute Gasteiger partial charge is 0.191 e. The van der Waals surface area contributed by atoms with Crippen LogP contribution in [0.2, 0.25) is 0 Å². The van der Waals surface area contributed by atoms with Gasteiger partial charge in [-0.3, -0.25) is 0 Å². The third-order valence-corrected chi connectivity index (χ3v) is 4.41. The highest BCUT2D eigenvalue weighted by Gasteiger charge is 2.15. The largest absolute Gasteiger partial charge is 0.497 e. The third-order valence-electron chi connectivity index (χ3n) is 3.16. The second kappa shape index (κ2) is 11.0. The summed E-state index contributed by atoms with van der Waals surface area (Å²) in [4.78, 5) is 4.62. The van der Waals surface area contributed by atoms with Crippen LogP contribution in [0, 0.1) is 0 Å². The van der Waals surface area contributed by atoms with Crippen LogP contribution < -0.4 is 15.4 Å². The predicted octanol–water partition coefficient (Wildman–Crippen LogP) is 3.51. The van der Waals surface area contributed by atoms with Crippen molar-refractivity contribution in [2.24, 2.45) is 4.99 Å². The van der Waals surface area contributed by atoms with Crippen LogP contribution in [0.5, 0.6) is 5.75 Å². The third kappa shape index (κ3) is 8.12. The van der Waals surface area contributed by atoms with E-state index >= 15 is 0 Å². The fourth-order valence-electron chi connectivity index (χ4n) is 1.61. The molecule has 0 saturated heterocycles. The molecule has 1 rings (SSSR count). The van der Waals surface area contributed by atoms with Crippen LogP contribution in [0.3, 0.4) is 0 Å². The molecule has 0 aromatic heterocycles. The molecule has 1 aromatic rings. The topological polar surface area (TPSA) is 45.7 Å². The Balaban J connectivity index is 0.00000441. The summed E-state index contributed by atoms with van der Waals surface area (Å²) in [7, 11) is 1.67. The number of guanidine groups is 1. The molecule has 1 aromatic carbocycles. The van der Waals surface area contributed by atoms with Gasteiger partial charge in [-0.2, -0.15) is 11.8 Å². The summed E-state index contributed by atoms with van der Waals surface area (Å²) in [5.74, 6) is 1.73. The van der Waals surface area contributed by atoms with E-state index in [0.29, 0.717) is 6.54 Å². The monoisotopic (exact) mass is 437 g/mol. The van der Waals surface area contributed by atoms with Crippen LogP contribution in [0.25, 0.3) is 0 Å². The fourth-order valence-corrected chi connectivity index (χ4v) is 1.83. The molecule has 0 spiro atoms. The van der Waals surface area contributed by atoms with Gasteiger partial charge in [0.1, 0.15) is 5.75 Å². The zero-order chi connectivity index (χ0) is 15.7. The summed E-state index contributed by atoms with van der Waals surface area (Å²) in [5, 5.41) is 6.68. The van der Waals surface area contributed by atoms with Crippen LogP contribution >= 0.6 is 35.7 Å². The van der Waals surface area contributed by atoms with Crippen molar-refractivity contribution in [1.82, 2.24) is 10.6 Å². The predicted molar refractivity (Wildman–Crippen MR) is 109 cm³/mol. The standard InChI is InChI=1S/C16H27N3OS.HI/c1-6-17-15(19-12-16(2,3)21-5)18-11-13-7-9-14(20-4)10-8-13;/h7-10H,6,11-12H2,1-5H3,(H2,17,18,19);1H. The van der Waals surface area contributed by atoms with Gasteiger partial charge in [0.05, 0.1) is 13.7 Å². The average Bonchev–Trinajstić information content (AvgIpc) is 2.50. The first-order valence-electron chi connectivity index (χ1n) is 7.21. The normalized spacial score (nSPS) is 11.6. The molecule has 0 aliphatic carbocycles. The Morgan fingerprint density at radius 3 is 2.36 bits per heavy atom. The van der Waals surface area contributed by atoms with Gasteiger partial charge in [-0.05, 0) is 44.7 Å². The number of rotatable bonds is 7. The number of thioether (sulfide) groups is 1. The van der Waals surface area contributed by atoms with E-state index < -0.39 is 0 Å². The fraction of sp³-hybridized carbons (Fsp3) is 0.562. The first-order chi connectivity index (χ1) is 10.0. The molecule has 22 heavy (non-hydrogen) atoms. The minimum Gasteiger partial charge on any atom is -0.497 e. The van der Waals surface area contributed by atoms with Crippen LogP contribution in [0.15, 0.2) is 29.3 Å². The second-order valence-electron chi connectivity index (χ2n) is 5.36. The van der Waals surface area contributed by atoms with E-state index in [9.17, 15) is 0 Å². The van der Waals surface area contributed by atoms with Gasteiger partial charge in [0.25, 0.3) is 0 Å². The maximum Gasteiger partial charge on any atom is 0.191 e. The van der Waals surface area contributed by atoms with Crippen molar-refractivity contribution >= 4 is 41.7 Å². The summed E-state index contributed by atoms with van der Waals surface area (Å²) in [6, 6.07) is 8.00. The van der Waals surface area contributed by atoms with Crippen LogP contribution in [-0.4, -0.2) is 37.2 Å². The van der Waals surface area contributed by atoms with Crippen molar-refractivity contribution in [3.63, 3.8) is 0 Å². The lowest BCUT2D eigenvalue weighted by atomic mass is 10.2.